The molecule has 0 atom stereocenters. The van der Waals surface area contributed by atoms with Gasteiger partial charge < -0.3 is 10.4 Å². The molecule has 19 heavy (non-hydrogen) atoms. The van der Waals surface area contributed by atoms with Crippen molar-refractivity contribution in [2.24, 2.45) is 0 Å². The molecule has 0 spiro atoms. The van der Waals surface area contributed by atoms with E-state index in [0.717, 1.165) is 6.07 Å². The maximum absolute atomic E-state index is 13.5. The van der Waals surface area contributed by atoms with E-state index in [0.29, 0.717) is 5.01 Å². The van der Waals surface area contributed by atoms with Crippen LogP contribution in [0.2, 0.25) is 0 Å². The number of carboxylic acid groups (broad SMARTS) is 1. The number of hydrogen-bond acceptors (Lipinski definition) is 5. The Morgan fingerprint density at radius 1 is 1.58 bits per heavy atom. The van der Waals surface area contributed by atoms with E-state index in [4.69, 9.17) is 10.4 Å². The molecule has 0 fully saturated rings. The molecule has 0 saturated heterocycles. The zero-order valence-electron chi connectivity index (χ0n) is 9.55. The lowest BCUT2D eigenvalue weighted by Crippen LogP contribution is -2.03. The zero-order chi connectivity index (χ0) is 13.8. The molecule has 96 valence electrons. The maximum atomic E-state index is 13.5. The number of carbonyl (C=O) groups is 1. The van der Waals surface area contributed by atoms with Gasteiger partial charge in [-0.05, 0) is 18.2 Å². The van der Waals surface area contributed by atoms with Crippen LogP contribution in [-0.4, -0.2) is 16.1 Å². The fourth-order valence-electron chi connectivity index (χ4n) is 1.39. The highest BCUT2D eigenvalue weighted by Crippen LogP contribution is 2.17. The molecule has 0 unspecified atom stereocenters. The summed E-state index contributed by atoms with van der Waals surface area (Å²) in [5, 5.41) is 22.1. The fourth-order valence-corrected chi connectivity index (χ4v) is 2.10. The van der Waals surface area contributed by atoms with Gasteiger partial charge in [0.15, 0.2) is 5.69 Å². The van der Waals surface area contributed by atoms with E-state index in [2.05, 4.69) is 10.3 Å². The Labute approximate surface area is 112 Å². The molecule has 0 saturated carbocycles. The average molecular weight is 277 g/mol. The van der Waals surface area contributed by atoms with Gasteiger partial charge in [-0.25, -0.2) is 14.2 Å². The van der Waals surface area contributed by atoms with Crippen molar-refractivity contribution >= 4 is 23.0 Å². The zero-order valence-corrected chi connectivity index (χ0v) is 10.4. The second kappa shape index (κ2) is 5.46. The van der Waals surface area contributed by atoms with Gasteiger partial charge in [0.2, 0.25) is 0 Å². The molecule has 7 heteroatoms. The number of carboxylic acids is 1. The Hall–Kier alpha value is -2.46. The largest absolute Gasteiger partial charge is 0.476 e. The Morgan fingerprint density at radius 2 is 2.37 bits per heavy atom. The van der Waals surface area contributed by atoms with Gasteiger partial charge in [0.1, 0.15) is 10.8 Å². The third-order valence-corrected chi connectivity index (χ3v) is 3.15. The quantitative estimate of drug-likeness (QED) is 0.896. The molecule has 0 aliphatic carbocycles. The number of anilines is 1. The number of thiazole rings is 1. The van der Waals surface area contributed by atoms with Crippen LogP contribution in [0.15, 0.2) is 23.6 Å². The standard InChI is InChI=1S/C12H8FN3O2S/c13-8-3-7(4-14)1-2-9(8)15-5-11-16-10(6-19-11)12(17)18/h1-3,6,15H,5H2,(H,17,18). The normalized spacial score (nSPS) is 9.89. The lowest BCUT2D eigenvalue weighted by Gasteiger charge is -2.05. The fraction of sp³-hybridized carbons (Fsp3) is 0.0833. The van der Waals surface area contributed by atoms with Crippen molar-refractivity contribution in [1.29, 1.82) is 5.26 Å². The van der Waals surface area contributed by atoms with Crippen molar-refractivity contribution in [1.82, 2.24) is 4.98 Å². The molecule has 0 aliphatic rings. The number of nitriles is 1. The Balaban J connectivity index is 2.06. The summed E-state index contributed by atoms with van der Waals surface area (Å²) >= 11 is 1.18. The molecule has 2 rings (SSSR count). The number of nitrogens with zero attached hydrogens (tertiary/aromatic N) is 2. The molecule has 2 aromatic rings. The van der Waals surface area contributed by atoms with Gasteiger partial charge in [-0.15, -0.1) is 11.3 Å². The van der Waals surface area contributed by atoms with Crippen LogP contribution >= 0.6 is 11.3 Å². The number of aromatic carboxylic acids is 1. The number of halogens is 1. The van der Waals surface area contributed by atoms with Crippen LogP contribution in [-0.2, 0) is 6.54 Å². The van der Waals surface area contributed by atoms with Crippen molar-refractivity contribution in [2.75, 3.05) is 5.32 Å². The van der Waals surface area contributed by atoms with Crippen molar-refractivity contribution in [3.63, 3.8) is 0 Å². The Morgan fingerprint density at radius 3 is 2.95 bits per heavy atom. The summed E-state index contributed by atoms with van der Waals surface area (Å²) in [6.07, 6.45) is 0. The molecule has 1 heterocycles. The first kappa shape index (κ1) is 13.0. The van der Waals surface area contributed by atoms with Crippen LogP contribution in [0.1, 0.15) is 21.1 Å². The molecule has 1 aromatic carbocycles. The topological polar surface area (TPSA) is 86.0 Å². The summed E-state index contributed by atoms with van der Waals surface area (Å²) in [5.41, 5.74) is 0.457. The minimum Gasteiger partial charge on any atom is -0.476 e. The second-order valence-electron chi connectivity index (χ2n) is 3.59. The summed E-state index contributed by atoms with van der Waals surface area (Å²) in [5.74, 6) is -1.62. The predicted octanol–water partition coefficient (Wildman–Crippen LogP) is 2.46. The molecule has 0 radical (unpaired) electrons. The number of rotatable bonds is 4. The van der Waals surface area contributed by atoms with Crippen molar-refractivity contribution in [3.8, 4) is 6.07 Å². The monoisotopic (exact) mass is 277 g/mol. The lowest BCUT2D eigenvalue weighted by molar-refractivity contribution is 0.0691. The minimum atomic E-state index is -1.09. The van der Waals surface area contributed by atoms with E-state index in [1.807, 2.05) is 6.07 Å². The molecule has 0 bridgehead atoms. The number of nitrogens with one attached hydrogen (secondary N) is 1. The Bertz CT molecular complexity index is 663. The van der Waals surface area contributed by atoms with Gasteiger partial charge in [-0.1, -0.05) is 0 Å². The van der Waals surface area contributed by atoms with Crippen LogP contribution in [0, 0.1) is 17.1 Å². The van der Waals surface area contributed by atoms with Gasteiger partial charge >= 0.3 is 5.97 Å². The molecule has 0 aliphatic heterocycles. The highest BCUT2D eigenvalue weighted by Gasteiger charge is 2.09. The third-order valence-electron chi connectivity index (χ3n) is 2.30. The van der Waals surface area contributed by atoms with Gasteiger partial charge in [0.05, 0.1) is 23.9 Å². The van der Waals surface area contributed by atoms with Gasteiger partial charge in [0.25, 0.3) is 0 Å². The number of benzene rings is 1. The Kier molecular flexibility index (Phi) is 3.73. The van der Waals surface area contributed by atoms with Crippen LogP contribution in [0.4, 0.5) is 10.1 Å². The first-order valence-corrected chi connectivity index (χ1v) is 6.09. The van der Waals surface area contributed by atoms with Crippen molar-refractivity contribution in [3.05, 3.63) is 45.7 Å². The highest BCUT2D eigenvalue weighted by molar-refractivity contribution is 7.09. The first-order valence-electron chi connectivity index (χ1n) is 5.21. The van der Waals surface area contributed by atoms with E-state index >= 15 is 0 Å². The average Bonchev–Trinajstić information content (AvgIpc) is 2.86. The summed E-state index contributed by atoms with van der Waals surface area (Å²) in [7, 11) is 0. The van der Waals surface area contributed by atoms with Crippen molar-refractivity contribution < 1.29 is 14.3 Å². The summed E-state index contributed by atoms with van der Waals surface area (Å²) in [6.45, 7) is 0.223. The van der Waals surface area contributed by atoms with E-state index in [1.54, 1.807) is 0 Å². The molecule has 1 aromatic heterocycles. The van der Waals surface area contributed by atoms with Crippen LogP contribution in [0.5, 0.6) is 0 Å². The maximum Gasteiger partial charge on any atom is 0.355 e. The third kappa shape index (κ3) is 3.05. The molecular formula is C12H8FN3O2S. The molecular weight excluding hydrogens is 269 g/mol. The van der Waals surface area contributed by atoms with E-state index in [9.17, 15) is 9.18 Å². The molecule has 0 amide bonds. The van der Waals surface area contributed by atoms with Gasteiger partial charge in [0, 0.05) is 5.38 Å². The summed E-state index contributed by atoms with van der Waals surface area (Å²) < 4.78 is 13.5. The van der Waals surface area contributed by atoms with E-state index in [-0.39, 0.29) is 23.5 Å². The van der Waals surface area contributed by atoms with Gasteiger partial charge in [-0.3, -0.25) is 0 Å². The second-order valence-corrected chi connectivity index (χ2v) is 4.53. The first-order chi connectivity index (χ1) is 9.10. The number of aromatic nitrogens is 1. The highest BCUT2D eigenvalue weighted by atomic mass is 32.1. The SMILES string of the molecule is N#Cc1ccc(NCc2nc(C(=O)O)cs2)c(F)c1. The minimum absolute atomic E-state index is 0.0258. The number of hydrogen-bond donors (Lipinski definition) is 2. The lowest BCUT2D eigenvalue weighted by atomic mass is 10.2. The van der Waals surface area contributed by atoms with E-state index < -0.39 is 11.8 Å². The molecule has 2 N–H and O–H groups in total. The molecule has 5 nitrogen and oxygen atoms in total. The van der Waals surface area contributed by atoms with Crippen LogP contribution < -0.4 is 5.32 Å². The predicted molar refractivity (Wildman–Crippen MR) is 67.5 cm³/mol. The van der Waals surface area contributed by atoms with Gasteiger partial charge in [-0.2, -0.15) is 5.26 Å². The summed E-state index contributed by atoms with van der Waals surface area (Å²) in [4.78, 5) is 14.5. The van der Waals surface area contributed by atoms with E-state index in [1.165, 1.54) is 28.8 Å². The van der Waals surface area contributed by atoms with Crippen LogP contribution in [0.3, 0.4) is 0 Å². The smallest absolute Gasteiger partial charge is 0.355 e. The van der Waals surface area contributed by atoms with Crippen molar-refractivity contribution in [2.45, 2.75) is 6.54 Å². The summed E-state index contributed by atoms with van der Waals surface area (Å²) in [6, 6.07) is 5.93. The van der Waals surface area contributed by atoms with Crippen LogP contribution in [0.25, 0.3) is 0 Å².